The summed E-state index contributed by atoms with van der Waals surface area (Å²) >= 11 is 0. The van der Waals surface area contributed by atoms with Crippen LogP contribution >= 0.6 is 0 Å². The fraction of sp³-hybridized carbons (Fsp3) is 0.500. The molecule has 0 saturated carbocycles. The Morgan fingerprint density at radius 1 is 1.28 bits per heavy atom. The molecule has 4 N–H and O–H groups in total. The lowest BCUT2D eigenvalue weighted by Crippen LogP contribution is -2.36. The lowest BCUT2D eigenvalue weighted by molar-refractivity contribution is 0.171. The molecular weight excluding hydrogens is 224 g/mol. The molecule has 0 amide bonds. The molecule has 0 spiro atoms. The average molecular weight is 246 g/mol. The van der Waals surface area contributed by atoms with E-state index in [0.29, 0.717) is 5.92 Å². The van der Waals surface area contributed by atoms with Crippen molar-refractivity contribution in [2.24, 2.45) is 22.4 Å². The van der Waals surface area contributed by atoms with Crippen molar-refractivity contribution < 1.29 is 0 Å². The summed E-state index contributed by atoms with van der Waals surface area (Å²) in [5.74, 6) is 0.791. The highest BCUT2D eigenvalue weighted by Gasteiger charge is 2.19. The lowest BCUT2D eigenvalue weighted by atomic mass is 9.98. The van der Waals surface area contributed by atoms with Crippen molar-refractivity contribution >= 4 is 5.96 Å². The summed E-state index contributed by atoms with van der Waals surface area (Å²) in [6.45, 7) is 4.05. The molecule has 4 nitrogen and oxygen atoms in total. The molecule has 0 aliphatic carbocycles. The van der Waals surface area contributed by atoms with Gasteiger partial charge >= 0.3 is 0 Å². The number of piperidine rings is 1. The molecule has 0 aromatic heterocycles. The fourth-order valence-electron chi connectivity index (χ4n) is 2.52. The minimum Gasteiger partial charge on any atom is -0.370 e. The van der Waals surface area contributed by atoms with Gasteiger partial charge in [0.2, 0.25) is 0 Å². The Bertz CT molecular complexity index is 384. The summed E-state index contributed by atoms with van der Waals surface area (Å²) in [7, 11) is 0. The van der Waals surface area contributed by atoms with Gasteiger partial charge in [0.25, 0.3) is 0 Å². The maximum Gasteiger partial charge on any atom is 0.185 e. The fourth-order valence-corrected chi connectivity index (χ4v) is 2.52. The van der Waals surface area contributed by atoms with E-state index in [0.717, 1.165) is 19.6 Å². The van der Waals surface area contributed by atoms with E-state index in [1.54, 1.807) is 0 Å². The van der Waals surface area contributed by atoms with Gasteiger partial charge in [-0.3, -0.25) is 9.89 Å². The maximum absolute atomic E-state index is 5.38. The molecule has 1 fully saturated rings. The molecule has 1 saturated heterocycles. The van der Waals surface area contributed by atoms with E-state index in [2.05, 4.69) is 40.2 Å². The average Bonchev–Trinajstić information content (AvgIpc) is 2.38. The second kappa shape index (κ2) is 6.40. The first-order valence-corrected chi connectivity index (χ1v) is 6.55. The third-order valence-corrected chi connectivity index (χ3v) is 3.38. The van der Waals surface area contributed by atoms with Crippen molar-refractivity contribution in [2.45, 2.75) is 19.4 Å². The van der Waals surface area contributed by atoms with Crippen LogP contribution in [0.5, 0.6) is 0 Å². The Morgan fingerprint density at radius 3 is 2.78 bits per heavy atom. The highest BCUT2D eigenvalue weighted by Crippen LogP contribution is 2.18. The summed E-state index contributed by atoms with van der Waals surface area (Å²) in [5.41, 5.74) is 12.1. The third-order valence-electron chi connectivity index (χ3n) is 3.38. The van der Waals surface area contributed by atoms with Gasteiger partial charge in [-0.05, 0) is 30.9 Å². The number of aliphatic imine (C=N–C) groups is 1. The molecule has 1 aliphatic heterocycles. The van der Waals surface area contributed by atoms with E-state index in [9.17, 15) is 0 Å². The van der Waals surface area contributed by atoms with Gasteiger partial charge in [-0.2, -0.15) is 0 Å². The largest absolute Gasteiger partial charge is 0.370 e. The second-order valence-corrected chi connectivity index (χ2v) is 4.99. The molecular formula is C14H22N4. The first-order chi connectivity index (χ1) is 8.74. The summed E-state index contributed by atoms with van der Waals surface area (Å²) in [6, 6.07) is 10.6. The number of nitrogens with two attached hydrogens (primary N) is 2. The molecule has 0 bridgehead atoms. The first kappa shape index (κ1) is 12.9. The molecule has 0 radical (unpaired) electrons. The number of benzene rings is 1. The van der Waals surface area contributed by atoms with Gasteiger partial charge in [0.1, 0.15) is 0 Å². The minimum absolute atomic E-state index is 0.204. The van der Waals surface area contributed by atoms with E-state index in [1.165, 1.54) is 24.9 Å². The van der Waals surface area contributed by atoms with Crippen LogP contribution in [0.4, 0.5) is 0 Å². The van der Waals surface area contributed by atoms with Gasteiger partial charge in [-0.1, -0.05) is 30.3 Å². The van der Waals surface area contributed by atoms with Crippen LogP contribution in [0.25, 0.3) is 0 Å². The molecule has 4 heteroatoms. The SMILES string of the molecule is NC(N)=NC[C@@H]1CCCN(Cc2ccccc2)C1. The number of rotatable bonds is 4. The van der Waals surface area contributed by atoms with Crippen molar-refractivity contribution in [3.05, 3.63) is 35.9 Å². The third kappa shape index (κ3) is 4.04. The van der Waals surface area contributed by atoms with Crippen LogP contribution in [-0.2, 0) is 6.54 Å². The van der Waals surface area contributed by atoms with Crippen molar-refractivity contribution in [3.63, 3.8) is 0 Å². The van der Waals surface area contributed by atoms with Crippen LogP contribution in [0, 0.1) is 5.92 Å². The Hall–Kier alpha value is -1.55. The molecule has 98 valence electrons. The lowest BCUT2D eigenvalue weighted by Gasteiger charge is -2.32. The van der Waals surface area contributed by atoms with Gasteiger partial charge in [0.15, 0.2) is 5.96 Å². The Morgan fingerprint density at radius 2 is 2.06 bits per heavy atom. The van der Waals surface area contributed by atoms with Gasteiger partial charge in [0.05, 0.1) is 0 Å². The van der Waals surface area contributed by atoms with Crippen molar-refractivity contribution in [1.29, 1.82) is 0 Å². The van der Waals surface area contributed by atoms with Crippen LogP contribution in [0.15, 0.2) is 35.3 Å². The Labute approximate surface area is 109 Å². The normalized spacial score (nSPS) is 20.6. The number of hydrogen-bond donors (Lipinski definition) is 2. The quantitative estimate of drug-likeness (QED) is 0.619. The van der Waals surface area contributed by atoms with Gasteiger partial charge in [-0.15, -0.1) is 0 Å². The smallest absolute Gasteiger partial charge is 0.185 e. The van der Waals surface area contributed by atoms with Gasteiger partial charge in [-0.25, -0.2) is 0 Å². The van der Waals surface area contributed by atoms with Crippen LogP contribution in [0.2, 0.25) is 0 Å². The summed E-state index contributed by atoms with van der Waals surface area (Å²) in [5, 5.41) is 0. The number of likely N-dealkylation sites (tertiary alicyclic amines) is 1. The highest BCUT2D eigenvalue weighted by molar-refractivity contribution is 5.75. The monoisotopic (exact) mass is 246 g/mol. The van der Waals surface area contributed by atoms with Crippen LogP contribution in [0.3, 0.4) is 0 Å². The summed E-state index contributed by atoms with van der Waals surface area (Å²) < 4.78 is 0. The van der Waals surface area contributed by atoms with Crippen molar-refractivity contribution in [1.82, 2.24) is 4.90 Å². The molecule has 18 heavy (non-hydrogen) atoms. The molecule has 1 heterocycles. The zero-order valence-electron chi connectivity index (χ0n) is 10.8. The molecule has 2 rings (SSSR count). The number of nitrogens with zero attached hydrogens (tertiary/aromatic N) is 2. The van der Waals surface area contributed by atoms with Gasteiger partial charge in [0, 0.05) is 19.6 Å². The zero-order valence-corrected chi connectivity index (χ0v) is 10.8. The Kier molecular flexibility index (Phi) is 4.59. The summed E-state index contributed by atoms with van der Waals surface area (Å²) in [4.78, 5) is 6.63. The van der Waals surface area contributed by atoms with E-state index in [4.69, 9.17) is 11.5 Å². The van der Waals surface area contributed by atoms with E-state index >= 15 is 0 Å². The van der Waals surface area contributed by atoms with Crippen LogP contribution in [-0.4, -0.2) is 30.5 Å². The molecule has 1 atom stereocenters. The molecule has 1 aromatic rings. The predicted molar refractivity (Wildman–Crippen MR) is 75.1 cm³/mol. The first-order valence-electron chi connectivity index (χ1n) is 6.55. The Balaban J connectivity index is 1.85. The number of hydrogen-bond acceptors (Lipinski definition) is 2. The standard InChI is InChI=1S/C14H22N4/c15-14(16)17-9-13-7-4-8-18(11-13)10-12-5-2-1-3-6-12/h1-3,5-6,13H,4,7-11H2,(H4,15,16,17)/t13-/m0/s1. The van der Waals surface area contributed by atoms with Crippen molar-refractivity contribution in [3.8, 4) is 0 Å². The molecule has 1 aliphatic rings. The molecule has 0 unspecified atom stereocenters. The highest BCUT2D eigenvalue weighted by atomic mass is 15.1. The summed E-state index contributed by atoms with van der Waals surface area (Å²) in [6.07, 6.45) is 2.46. The van der Waals surface area contributed by atoms with Crippen LogP contribution in [0.1, 0.15) is 18.4 Å². The van der Waals surface area contributed by atoms with E-state index < -0.39 is 0 Å². The maximum atomic E-state index is 5.38. The topological polar surface area (TPSA) is 67.6 Å². The molecule has 1 aromatic carbocycles. The second-order valence-electron chi connectivity index (χ2n) is 4.99. The van der Waals surface area contributed by atoms with E-state index in [-0.39, 0.29) is 5.96 Å². The predicted octanol–water partition coefficient (Wildman–Crippen LogP) is 1.17. The zero-order chi connectivity index (χ0) is 12.8. The van der Waals surface area contributed by atoms with Crippen molar-refractivity contribution in [2.75, 3.05) is 19.6 Å². The number of guanidine groups is 1. The van der Waals surface area contributed by atoms with Gasteiger partial charge < -0.3 is 11.5 Å². The minimum atomic E-state index is 0.204. The van der Waals surface area contributed by atoms with Crippen LogP contribution < -0.4 is 11.5 Å². The van der Waals surface area contributed by atoms with E-state index in [1.807, 2.05) is 0 Å².